The van der Waals surface area contributed by atoms with E-state index in [0.29, 0.717) is 18.4 Å². The van der Waals surface area contributed by atoms with E-state index in [4.69, 9.17) is 14.2 Å². The molecule has 0 spiro atoms. The molecule has 1 N–H and O–H groups in total. The van der Waals surface area contributed by atoms with Gasteiger partial charge < -0.3 is 19.3 Å². The molecule has 2 aliphatic carbocycles. The third-order valence-electron chi connectivity index (χ3n) is 7.10. The van der Waals surface area contributed by atoms with Crippen molar-refractivity contribution in [3.8, 4) is 0 Å². The summed E-state index contributed by atoms with van der Waals surface area (Å²) in [7, 11) is 0. The molecule has 0 aromatic rings. The highest BCUT2D eigenvalue weighted by Gasteiger charge is 2.66. The molecule has 1 aliphatic heterocycles. The summed E-state index contributed by atoms with van der Waals surface area (Å²) in [6, 6.07) is 0. The highest BCUT2D eigenvalue weighted by molar-refractivity contribution is 5.91. The molecule has 8 atom stereocenters. The molecular formula is C22H30O7. The quantitative estimate of drug-likeness (QED) is 0.436. The minimum atomic E-state index is -1.04. The number of allylic oxidation sites excluding steroid dienone is 1. The molecule has 7 nitrogen and oxygen atoms in total. The van der Waals surface area contributed by atoms with Gasteiger partial charge in [0.25, 0.3) is 0 Å². The number of hydrogen-bond donors (Lipinski definition) is 1. The van der Waals surface area contributed by atoms with E-state index in [-0.39, 0.29) is 17.4 Å². The summed E-state index contributed by atoms with van der Waals surface area (Å²) >= 11 is 0. The Morgan fingerprint density at radius 1 is 1.28 bits per heavy atom. The third-order valence-corrected chi connectivity index (χ3v) is 7.10. The fraction of sp³-hybridized carbons (Fsp3) is 0.682. The number of fused-ring (bicyclic) bond motifs is 2. The molecule has 1 heterocycles. The van der Waals surface area contributed by atoms with Gasteiger partial charge in [0.15, 0.2) is 0 Å². The molecule has 0 aromatic carbocycles. The van der Waals surface area contributed by atoms with Gasteiger partial charge in [-0.2, -0.15) is 0 Å². The predicted molar refractivity (Wildman–Crippen MR) is 103 cm³/mol. The van der Waals surface area contributed by atoms with Crippen LogP contribution in [0.3, 0.4) is 0 Å². The first kappa shape index (κ1) is 21.6. The van der Waals surface area contributed by atoms with Gasteiger partial charge in [0.1, 0.15) is 18.3 Å². The summed E-state index contributed by atoms with van der Waals surface area (Å²) in [6.45, 7) is 12.4. The average molecular weight is 406 g/mol. The van der Waals surface area contributed by atoms with E-state index >= 15 is 0 Å². The van der Waals surface area contributed by atoms with Crippen LogP contribution in [0.4, 0.5) is 0 Å². The minimum Gasteiger partial charge on any atom is -0.462 e. The maximum absolute atomic E-state index is 12.5. The van der Waals surface area contributed by atoms with Crippen molar-refractivity contribution < 1.29 is 33.7 Å². The number of ether oxygens (including phenoxy) is 3. The van der Waals surface area contributed by atoms with Gasteiger partial charge in [-0.3, -0.25) is 4.79 Å². The maximum Gasteiger partial charge on any atom is 0.334 e. The zero-order valence-corrected chi connectivity index (χ0v) is 17.6. The minimum absolute atomic E-state index is 0.0424. The fourth-order valence-corrected chi connectivity index (χ4v) is 5.58. The molecule has 7 heteroatoms. The molecule has 0 aromatic heterocycles. The van der Waals surface area contributed by atoms with Crippen LogP contribution in [0.1, 0.15) is 47.5 Å². The highest BCUT2D eigenvalue weighted by Crippen LogP contribution is 2.58. The number of rotatable bonds is 3. The first-order chi connectivity index (χ1) is 13.5. The normalized spacial score (nSPS) is 41.9. The number of hydrogen-bond acceptors (Lipinski definition) is 7. The second kappa shape index (κ2) is 7.59. The van der Waals surface area contributed by atoms with Gasteiger partial charge >= 0.3 is 17.9 Å². The Kier molecular flexibility index (Phi) is 5.64. The zero-order valence-electron chi connectivity index (χ0n) is 17.6. The number of esters is 3. The summed E-state index contributed by atoms with van der Waals surface area (Å²) in [5, 5.41) is 11.5. The second-order valence-electron chi connectivity index (χ2n) is 8.79. The van der Waals surface area contributed by atoms with Crippen molar-refractivity contribution in [2.24, 2.45) is 23.2 Å². The fourth-order valence-electron chi connectivity index (χ4n) is 5.58. The molecule has 3 fully saturated rings. The van der Waals surface area contributed by atoms with E-state index in [0.717, 1.165) is 0 Å². The Morgan fingerprint density at radius 3 is 2.52 bits per heavy atom. The van der Waals surface area contributed by atoms with Crippen LogP contribution < -0.4 is 0 Å². The summed E-state index contributed by atoms with van der Waals surface area (Å²) in [5.74, 6) is -2.28. The summed E-state index contributed by atoms with van der Waals surface area (Å²) < 4.78 is 16.9. The van der Waals surface area contributed by atoms with Crippen molar-refractivity contribution in [2.45, 2.75) is 71.9 Å². The van der Waals surface area contributed by atoms with E-state index in [9.17, 15) is 19.5 Å². The van der Waals surface area contributed by atoms with E-state index in [1.165, 1.54) is 6.92 Å². The Bertz CT molecular complexity index is 769. The van der Waals surface area contributed by atoms with Crippen LogP contribution in [0.15, 0.2) is 23.8 Å². The second-order valence-corrected chi connectivity index (χ2v) is 8.79. The lowest BCUT2D eigenvalue weighted by Gasteiger charge is -2.42. The summed E-state index contributed by atoms with van der Waals surface area (Å²) in [5.41, 5.74) is -0.236. The Balaban J connectivity index is 2.04. The lowest BCUT2D eigenvalue weighted by atomic mass is 9.67. The van der Waals surface area contributed by atoms with Gasteiger partial charge in [0.2, 0.25) is 0 Å². The molecular weight excluding hydrogens is 376 g/mol. The van der Waals surface area contributed by atoms with Crippen LogP contribution in [0.25, 0.3) is 0 Å². The average Bonchev–Trinajstić information content (AvgIpc) is 3.04. The van der Waals surface area contributed by atoms with Gasteiger partial charge in [-0.05, 0) is 26.2 Å². The van der Waals surface area contributed by atoms with Crippen LogP contribution in [-0.2, 0) is 28.6 Å². The Labute approximate surface area is 171 Å². The first-order valence-electron chi connectivity index (χ1n) is 10.1. The third kappa shape index (κ3) is 3.39. The largest absolute Gasteiger partial charge is 0.462 e. The molecule has 0 bridgehead atoms. The smallest absolute Gasteiger partial charge is 0.334 e. The molecule has 3 rings (SSSR count). The number of carbonyl (C=O) groups is 3. The van der Waals surface area contributed by atoms with Crippen LogP contribution in [0.2, 0.25) is 0 Å². The highest BCUT2D eigenvalue weighted by atomic mass is 16.6. The van der Waals surface area contributed by atoms with Gasteiger partial charge in [0.05, 0.1) is 12.0 Å². The Hall–Kier alpha value is -2.15. The van der Waals surface area contributed by atoms with E-state index in [1.807, 2.05) is 13.8 Å². The lowest BCUT2D eigenvalue weighted by Crippen LogP contribution is -2.50. The molecule has 0 radical (unpaired) electrons. The van der Waals surface area contributed by atoms with Crippen LogP contribution in [0, 0.1) is 23.2 Å². The molecule has 0 amide bonds. The van der Waals surface area contributed by atoms with Crippen molar-refractivity contribution in [1.82, 2.24) is 0 Å². The van der Waals surface area contributed by atoms with Crippen molar-refractivity contribution in [1.29, 1.82) is 0 Å². The maximum atomic E-state index is 12.5. The van der Waals surface area contributed by atoms with Crippen molar-refractivity contribution >= 4 is 17.9 Å². The lowest BCUT2D eigenvalue weighted by molar-refractivity contribution is -0.161. The van der Waals surface area contributed by atoms with Crippen molar-refractivity contribution in [2.75, 3.05) is 0 Å². The van der Waals surface area contributed by atoms with Gasteiger partial charge in [-0.15, -0.1) is 0 Å². The SMILES string of the molecule is C=C1C(=O)O[C@@H]2C[C@@H](C)[C@@H]3[C@@H](OC(C)=O)C[C@H](OC(=O)/C(C)=C/C)[C@@]3(C)[C@H](O)[C@H]12. The summed E-state index contributed by atoms with van der Waals surface area (Å²) in [6.07, 6.45) is -0.246. The first-order valence-corrected chi connectivity index (χ1v) is 10.1. The van der Waals surface area contributed by atoms with E-state index in [2.05, 4.69) is 6.58 Å². The van der Waals surface area contributed by atoms with Gasteiger partial charge in [0, 0.05) is 35.8 Å². The molecule has 0 unspecified atom stereocenters. The number of aliphatic hydroxyl groups is 1. The number of carbonyl (C=O) groups excluding carboxylic acids is 3. The van der Waals surface area contributed by atoms with Crippen LogP contribution >= 0.6 is 0 Å². The molecule has 29 heavy (non-hydrogen) atoms. The van der Waals surface area contributed by atoms with Crippen LogP contribution in [0.5, 0.6) is 0 Å². The van der Waals surface area contributed by atoms with Gasteiger partial charge in [-0.1, -0.05) is 26.5 Å². The van der Waals surface area contributed by atoms with Gasteiger partial charge in [-0.25, -0.2) is 9.59 Å². The van der Waals surface area contributed by atoms with E-state index in [1.54, 1.807) is 19.9 Å². The summed E-state index contributed by atoms with van der Waals surface area (Å²) in [4.78, 5) is 36.4. The molecule has 1 saturated heterocycles. The standard InChI is InChI=1S/C22H30O7/c1-7-10(2)20(25)29-16-9-15(27-13(5)23)18-11(3)8-14-17(12(4)21(26)28-14)19(24)22(16,18)6/h7,11,14-19,24H,4,8-9H2,1-3,5-6H3/b10-7+/t11-,14-,15+,16+,17-,18-,19-,22-/m1/s1. The molecule has 2 saturated carbocycles. The van der Waals surface area contributed by atoms with Crippen molar-refractivity contribution in [3.63, 3.8) is 0 Å². The monoisotopic (exact) mass is 406 g/mol. The topological polar surface area (TPSA) is 99.1 Å². The molecule has 3 aliphatic rings. The van der Waals surface area contributed by atoms with E-state index < -0.39 is 53.7 Å². The zero-order chi connectivity index (χ0) is 21.7. The predicted octanol–water partition coefficient (Wildman–Crippen LogP) is 2.32. The van der Waals surface area contributed by atoms with Crippen LogP contribution in [-0.4, -0.2) is 47.4 Å². The van der Waals surface area contributed by atoms with Crippen molar-refractivity contribution in [3.05, 3.63) is 23.8 Å². The number of aliphatic hydroxyl groups excluding tert-OH is 1. The Morgan fingerprint density at radius 2 is 1.93 bits per heavy atom. The molecule has 160 valence electrons.